The predicted molar refractivity (Wildman–Crippen MR) is 67.6 cm³/mol. The van der Waals surface area contributed by atoms with E-state index in [2.05, 4.69) is 4.98 Å². The van der Waals surface area contributed by atoms with Crippen molar-refractivity contribution in [1.29, 1.82) is 0 Å². The Bertz CT molecular complexity index is 582. The molecule has 0 spiro atoms. The fraction of sp³-hybridized carbons (Fsp3) is 0. The second-order valence-electron chi connectivity index (χ2n) is 2.88. The number of sulfonamides is 1. The summed E-state index contributed by atoms with van der Waals surface area (Å²) in [5.74, 6) is 0. The number of nitrogens with zero attached hydrogens (tertiary/aromatic N) is 1. The molecule has 16 heavy (non-hydrogen) atoms. The van der Waals surface area contributed by atoms with E-state index in [1.807, 2.05) is 12.1 Å². The van der Waals surface area contributed by atoms with E-state index in [1.54, 1.807) is 18.2 Å². The normalized spacial score (nSPS) is 10.3. The van der Waals surface area contributed by atoms with Crippen molar-refractivity contribution in [1.82, 2.24) is 4.98 Å². The van der Waals surface area contributed by atoms with Gasteiger partial charge in [0.25, 0.3) is 10.0 Å². The fourth-order valence-electron chi connectivity index (χ4n) is 1.32. The van der Waals surface area contributed by atoms with E-state index in [-0.39, 0.29) is 29.8 Å². The Kier molecular flexibility index (Phi) is 5.15. The van der Waals surface area contributed by atoms with Gasteiger partial charge < -0.3 is 0 Å². The number of primary sulfonamides is 1. The van der Waals surface area contributed by atoms with Crippen LogP contribution in [0.2, 0.25) is 0 Å². The van der Waals surface area contributed by atoms with E-state index in [1.165, 1.54) is 6.20 Å². The molecular formula is C9H10Cl2N2O2S. The minimum atomic E-state index is -3.74. The van der Waals surface area contributed by atoms with Crippen LogP contribution in [-0.2, 0) is 10.0 Å². The lowest BCUT2D eigenvalue weighted by Gasteiger charge is -2.01. The molecule has 2 N–H and O–H groups in total. The quantitative estimate of drug-likeness (QED) is 0.865. The lowest BCUT2D eigenvalue weighted by atomic mass is 10.2. The monoisotopic (exact) mass is 280 g/mol. The Morgan fingerprint density at radius 1 is 1.06 bits per heavy atom. The Labute approximate surface area is 106 Å². The molecule has 0 aliphatic heterocycles. The zero-order chi connectivity index (χ0) is 10.2. The average Bonchev–Trinajstić information content (AvgIpc) is 2.15. The van der Waals surface area contributed by atoms with Gasteiger partial charge in [-0.3, -0.25) is 0 Å². The smallest absolute Gasteiger partial charge is 0.243 e. The van der Waals surface area contributed by atoms with E-state index in [4.69, 9.17) is 5.14 Å². The van der Waals surface area contributed by atoms with Crippen molar-refractivity contribution in [3.63, 3.8) is 0 Å². The van der Waals surface area contributed by atoms with Crippen LogP contribution < -0.4 is 5.14 Å². The molecule has 2 rings (SSSR count). The third kappa shape index (κ3) is 2.82. The number of nitrogens with two attached hydrogens (primary N) is 1. The second kappa shape index (κ2) is 5.45. The second-order valence-corrected chi connectivity index (χ2v) is 4.36. The largest absolute Gasteiger partial charge is 0.256 e. The molecule has 1 heterocycles. The number of aromatic nitrogens is 1. The third-order valence-electron chi connectivity index (χ3n) is 1.91. The van der Waals surface area contributed by atoms with Crippen molar-refractivity contribution >= 4 is 45.6 Å². The van der Waals surface area contributed by atoms with E-state index in [0.717, 1.165) is 5.39 Å². The first-order chi connectivity index (χ1) is 6.59. The van der Waals surface area contributed by atoms with E-state index in [0.29, 0.717) is 5.39 Å². The van der Waals surface area contributed by atoms with Crippen LogP contribution in [0.5, 0.6) is 0 Å². The number of benzene rings is 1. The highest BCUT2D eigenvalue weighted by Gasteiger charge is 2.12. The van der Waals surface area contributed by atoms with Gasteiger partial charge >= 0.3 is 0 Å². The van der Waals surface area contributed by atoms with Crippen LogP contribution in [0.1, 0.15) is 0 Å². The van der Waals surface area contributed by atoms with Gasteiger partial charge in [-0.15, -0.1) is 24.8 Å². The highest BCUT2D eigenvalue weighted by Crippen LogP contribution is 2.18. The number of hydrogen-bond acceptors (Lipinski definition) is 3. The molecule has 0 saturated carbocycles. The fourth-order valence-corrected chi connectivity index (χ4v) is 2.02. The van der Waals surface area contributed by atoms with Gasteiger partial charge in [-0.25, -0.2) is 18.5 Å². The summed E-state index contributed by atoms with van der Waals surface area (Å²) in [5, 5.41) is 6.32. The van der Waals surface area contributed by atoms with Gasteiger partial charge in [0, 0.05) is 11.6 Å². The van der Waals surface area contributed by atoms with E-state index < -0.39 is 10.0 Å². The Hall–Kier alpha value is -0.880. The SMILES string of the molecule is Cl.Cl.NS(=O)(=O)c1nccc2ccccc12. The minimum absolute atomic E-state index is 0. The molecule has 0 saturated heterocycles. The van der Waals surface area contributed by atoms with Crippen molar-refractivity contribution in [2.75, 3.05) is 0 Å². The molecule has 0 unspecified atom stereocenters. The van der Waals surface area contributed by atoms with Crippen LogP contribution in [0, 0.1) is 0 Å². The van der Waals surface area contributed by atoms with Gasteiger partial charge in [-0.1, -0.05) is 24.3 Å². The summed E-state index contributed by atoms with van der Waals surface area (Å²) in [4.78, 5) is 3.77. The van der Waals surface area contributed by atoms with Crippen LogP contribution in [-0.4, -0.2) is 13.4 Å². The highest BCUT2D eigenvalue weighted by atomic mass is 35.5. The van der Waals surface area contributed by atoms with Gasteiger partial charge in [-0.2, -0.15) is 0 Å². The van der Waals surface area contributed by atoms with Gasteiger partial charge in [0.05, 0.1) is 0 Å². The summed E-state index contributed by atoms with van der Waals surface area (Å²) in [6, 6.07) is 8.81. The van der Waals surface area contributed by atoms with E-state index >= 15 is 0 Å². The summed E-state index contributed by atoms with van der Waals surface area (Å²) in [6.45, 7) is 0. The Morgan fingerprint density at radius 2 is 1.69 bits per heavy atom. The molecule has 0 amide bonds. The number of fused-ring (bicyclic) bond motifs is 1. The maximum Gasteiger partial charge on any atom is 0.256 e. The van der Waals surface area contributed by atoms with Crippen molar-refractivity contribution < 1.29 is 8.42 Å². The predicted octanol–water partition coefficient (Wildman–Crippen LogP) is 1.73. The average molecular weight is 281 g/mol. The Morgan fingerprint density at radius 3 is 2.31 bits per heavy atom. The third-order valence-corrected chi connectivity index (χ3v) is 2.77. The van der Waals surface area contributed by atoms with Crippen molar-refractivity contribution in [2.45, 2.75) is 5.03 Å². The first kappa shape index (κ1) is 15.1. The summed E-state index contributed by atoms with van der Waals surface area (Å²) < 4.78 is 22.3. The summed E-state index contributed by atoms with van der Waals surface area (Å²) in [7, 11) is -3.74. The molecule has 0 bridgehead atoms. The summed E-state index contributed by atoms with van der Waals surface area (Å²) in [6.07, 6.45) is 1.43. The van der Waals surface area contributed by atoms with Crippen LogP contribution in [0.15, 0.2) is 41.6 Å². The zero-order valence-corrected chi connectivity index (χ0v) is 10.5. The zero-order valence-electron chi connectivity index (χ0n) is 8.03. The molecule has 4 nitrogen and oxygen atoms in total. The topological polar surface area (TPSA) is 73.1 Å². The van der Waals surface area contributed by atoms with E-state index in [9.17, 15) is 8.42 Å². The number of rotatable bonds is 1. The summed E-state index contributed by atoms with van der Waals surface area (Å²) >= 11 is 0. The molecule has 0 atom stereocenters. The standard InChI is InChI=1S/C9H8N2O2S.2ClH/c10-14(12,13)9-8-4-2-1-3-7(8)5-6-11-9;;/h1-6H,(H2,10,12,13);2*1H. The molecule has 0 aliphatic rings. The number of pyridine rings is 1. The molecule has 1 aromatic heterocycles. The maximum atomic E-state index is 11.2. The van der Waals surface area contributed by atoms with Crippen molar-refractivity contribution in [2.24, 2.45) is 5.14 Å². The van der Waals surface area contributed by atoms with Crippen molar-refractivity contribution in [3.05, 3.63) is 36.5 Å². The lowest BCUT2D eigenvalue weighted by Crippen LogP contribution is -2.14. The molecule has 88 valence electrons. The molecule has 0 fully saturated rings. The molecule has 0 aliphatic carbocycles. The van der Waals surface area contributed by atoms with Crippen LogP contribution in [0.3, 0.4) is 0 Å². The minimum Gasteiger partial charge on any atom is -0.243 e. The highest BCUT2D eigenvalue weighted by molar-refractivity contribution is 7.89. The van der Waals surface area contributed by atoms with Gasteiger partial charge in [0.2, 0.25) is 0 Å². The molecule has 0 radical (unpaired) electrons. The van der Waals surface area contributed by atoms with Gasteiger partial charge in [0.15, 0.2) is 5.03 Å². The first-order valence-electron chi connectivity index (χ1n) is 3.95. The van der Waals surface area contributed by atoms with Crippen LogP contribution in [0.25, 0.3) is 10.8 Å². The van der Waals surface area contributed by atoms with Gasteiger partial charge in [-0.05, 0) is 11.5 Å². The van der Waals surface area contributed by atoms with Crippen molar-refractivity contribution in [3.8, 4) is 0 Å². The molecule has 1 aromatic carbocycles. The molecule has 7 heteroatoms. The summed E-state index contributed by atoms with van der Waals surface area (Å²) in [5.41, 5.74) is 0. The number of halogens is 2. The first-order valence-corrected chi connectivity index (χ1v) is 5.50. The lowest BCUT2D eigenvalue weighted by molar-refractivity contribution is 0.595. The Balaban J connectivity index is 0.00000112. The van der Waals surface area contributed by atoms with Crippen LogP contribution in [0.4, 0.5) is 0 Å². The number of hydrogen-bond donors (Lipinski definition) is 1. The van der Waals surface area contributed by atoms with Crippen LogP contribution >= 0.6 is 24.8 Å². The van der Waals surface area contributed by atoms with Gasteiger partial charge in [0.1, 0.15) is 0 Å². The maximum absolute atomic E-state index is 11.2. The molecule has 2 aromatic rings. The molecular weight excluding hydrogens is 271 g/mol.